The molecule has 0 aliphatic heterocycles. The number of anilines is 1. The molecule has 2 aromatic rings. The van der Waals surface area contributed by atoms with Crippen LogP contribution in [0.25, 0.3) is 11.3 Å². The van der Waals surface area contributed by atoms with E-state index in [4.69, 9.17) is 5.73 Å². The Morgan fingerprint density at radius 2 is 1.88 bits per heavy atom. The van der Waals surface area contributed by atoms with Crippen molar-refractivity contribution in [1.29, 1.82) is 0 Å². The van der Waals surface area contributed by atoms with Gasteiger partial charge in [0, 0.05) is 11.6 Å². The molecule has 1 heterocycles. The van der Waals surface area contributed by atoms with Crippen molar-refractivity contribution in [2.24, 2.45) is 0 Å². The molecule has 0 atom stereocenters. The molecular weight excluding hydrogens is 210 g/mol. The van der Waals surface area contributed by atoms with Crippen molar-refractivity contribution in [3.63, 3.8) is 0 Å². The normalized spacial score (nSPS) is 11.8. The van der Waals surface area contributed by atoms with Crippen LogP contribution in [-0.2, 0) is 5.54 Å². The minimum atomic E-state index is -0.0727. The van der Waals surface area contributed by atoms with Gasteiger partial charge in [-0.3, -0.25) is 4.68 Å². The molecule has 0 bridgehead atoms. The maximum atomic E-state index is 5.82. The molecule has 3 nitrogen and oxygen atoms in total. The summed E-state index contributed by atoms with van der Waals surface area (Å²) in [6, 6.07) is 10.3. The van der Waals surface area contributed by atoms with Gasteiger partial charge in [-0.2, -0.15) is 5.10 Å². The van der Waals surface area contributed by atoms with Crippen LogP contribution in [0.15, 0.2) is 30.3 Å². The van der Waals surface area contributed by atoms with E-state index in [-0.39, 0.29) is 5.54 Å². The van der Waals surface area contributed by atoms with Crippen molar-refractivity contribution in [2.45, 2.75) is 33.2 Å². The summed E-state index contributed by atoms with van der Waals surface area (Å²) in [5, 5.41) is 4.38. The Balaban J connectivity index is 2.60. The summed E-state index contributed by atoms with van der Waals surface area (Å²) in [4.78, 5) is 0. The second kappa shape index (κ2) is 3.91. The highest BCUT2D eigenvalue weighted by molar-refractivity contribution is 5.63. The van der Waals surface area contributed by atoms with Crippen LogP contribution in [0.5, 0.6) is 0 Å². The quantitative estimate of drug-likeness (QED) is 0.816. The van der Waals surface area contributed by atoms with Crippen LogP contribution in [0, 0.1) is 6.92 Å². The fourth-order valence-electron chi connectivity index (χ4n) is 1.92. The summed E-state index contributed by atoms with van der Waals surface area (Å²) in [6.45, 7) is 8.46. The average Bonchev–Trinajstić information content (AvgIpc) is 2.60. The van der Waals surface area contributed by atoms with Gasteiger partial charge < -0.3 is 5.73 Å². The van der Waals surface area contributed by atoms with Gasteiger partial charge >= 0.3 is 0 Å². The molecule has 0 radical (unpaired) electrons. The largest absolute Gasteiger partial charge is 0.382 e. The van der Waals surface area contributed by atoms with Crippen molar-refractivity contribution < 1.29 is 0 Å². The molecule has 90 valence electrons. The van der Waals surface area contributed by atoms with E-state index >= 15 is 0 Å². The number of aryl methyl sites for hydroxylation is 1. The molecule has 0 aliphatic rings. The zero-order chi connectivity index (χ0) is 12.6. The number of nitrogen functional groups attached to an aromatic ring is 1. The summed E-state index contributed by atoms with van der Waals surface area (Å²) in [6.07, 6.45) is 0. The lowest BCUT2D eigenvalue weighted by atomic mass is 10.1. The standard InChI is InChI=1S/C14H19N3/c1-10-6-5-7-11(8-10)12-9-13(15)16-17(12)14(2,3)4/h5-9H,1-4H3,(H2,15,16). The minimum Gasteiger partial charge on any atom is -0.382 e. The molecule has 1 aromatic carbocycles. The first-order chi connectivity index (χ1) is 7.88. The summed E-state index contributed by atoms with van der Waals surface area (Å²) in [5.41, 5.74) is 9.21. The maximum absolute atomic E-state index is 5.82. The van der Waals surface area contributed by atoms with E-state index in [2.05, 4.69) is 57.1 Å². The van der Waals surface area contributed by atoms with Gasteiger partial charge in [-0.05, 0) is 33.8 Å². The maximum Gasteiger partial charge on any atom is 0.146 e. The highest BCUT2D eigenvalue weighted by atomic mass is 15.3. The molecule has 0 saturated heterocycles. The first kappa shape index (κ1) is 11.7. The Kier molecular flexibility index (Phi) is 2.69. The molecule has 17 heavy (non-hydrogen) atoms. The molecule has 0 amide bonds. The second-order valence-electron chi connectivity index (χ2n) is 5.41. The second-order valence-corrected chi connectivity index (χ2v) is 5.41. The highest BCUT2D eigenvalue weighted by Gasteiger charge is 2.19. The van der Waals surface area contributed by atoms with Gasteiger partial charge in [0.25, 0.3) is 0 Å². The fraction of sp³-hybridized carbons (Fsp3) is 0.357. The zero-order valence-electron chi connectivity index (χ0n) is 10.9. The molecular formula is C14H19N3. The van der Waals surface area contributed by atoms with Gasteiger partial charge in [-0.15, -0.1) is 0 Å². The lowest BCUT2D eigenvalue weighted by Gasteiger charge is -2.22. The number of nitrogens with two attached hydrogens (primary N) is 1. The molecule has 0 aliphatic carbocycles. The van der Waals surface area contributed by atoms with Crippen molar-refractivity contribution in [2.75, 3.05) is 5.73 Å². The molecule has 2 N–H and O–H groups in total. The Morgan fingerprint density at radius 3 is 2.47 bits per heavy atom. The molecule has 3 heteroatoms. The fourth-order valence-corrected chi connectivity index (χ4v) is 1.92. The van der Waals surface area contributed by atoms with E-state index in [1.807, 2.05) is 10.7 Å². The van der Waals surface area contributed by atoms with Crippen LogP contribution < -0.4 is 5.73 Å². The summed E-state index contributed by atoms with van der Waals surface area (Å²) < 4.78 is 1.98. The van der Waals surface area contributed by atoms with Gasteiger partial charge in [-0.25, -0.2) is 0 Å². The molecule has 0 fully saturated rings. The third kappa shape index (κ3) is 2.33. The van der Waals surface area contributed by atoms with Crippen molar-refractivity contribution in [1.82, 2.24) is 9.78 Å². The number of rotatable bonds is 1. The predicted octanol–water partition coefficient (Wildman–Crippen LogP) is 3.20. The Bertz CT molecular complexity index is 533. The van der Waals surface area contributed by atoms with Gasteiger partial charge in [0.15, 0.2) is 0 Å². The number of hydrogen-bond donors (Lipinski definition) is 1. The highest BCUT2D eigenvalue weighted by Crippen LogP contribution is 2.27. The van der Waals surface area contributed by atoms with Crippen LogP contribution in [-0.4, -0.2) is 9.78 Å². The van der Waals surface area contributed by atoms with Crippen LogP contribution >= 0.6 is 0 Å². The smallest absolute Gasteiger partial charge is 0.146 e. The molecule has 0 saturated carbocycles. The SMILES string of the molecule is Cc1cccc(-c2cc(N)nn2C(C)(C)C)c1. The van der Waals surface area contributed by atoms with E-state index < -0.39 is 0 Å². The predicted molar refractivity (Wildman–Crippen MR) is 71.8 cm³/mol. The number of aromatic nitrogens is 2. The third-order valence-corrected chi connectivity index (χ3v) is 2.68. The van der Waals surface area contributed by atoms with E-state index in [0.717, 1.165) is 11.3 Å². The lowest BCUT2D eigenvalue weighted by Crippen LogP contribution is -2.24. The summed E-state index contributed by atoms with van der Waals surface area (Å²) in [5.74, 6) is 0.566. The Labute approximate surface area is 102 Å². The van der Waals surface area contributed by atoms with Gasteiger partial charge in [-0.1, -0.05) is 23.8 Å². The van der Waals surface area contributed by atoms with Crippen LogP contribution in [0.4, 0.5) is 5.82 Å². The van der Waals surface area contributed by atoms with E-state index in [0.29, 0.717) is 5.82 Å². The van der Waals surface area contributed by atoms with E-state index in [1.165, 1.54) is 5.56 Å². The third-order valence-electron chi connectivity index (χ3n) is 2.68. The zero-order valence-corrected chi connectivity index (χ0v) is 10.9. The van der Waals surface area contributed by atoms with E-state index in [9.17, 15) is 0 Å². The number of nitrogens with zero attached hydrogens (tertiary/aromatic N) is 2. The van der Waals surface area contributed by atoms with E-state index in [1.54, 1.807) is 0 Å². The van der Waals surface area contributed by atoms with Crippen molar-refractivity contribution >= 4 is 5.82 Å². The van der Waals surface area contributed by atoms with Gasteiger partial charge in [0.1, 0.15) is 5.82 Å². The van der Waals surface area contributed by atoms with Crippen LogP contribution in [0.3, 0.4) is 0 Å². The molecule has 0 unspecified atom stereocenters. The minimum absolute atomic E-state index is 0.0727. The summed E-state index contributed by atoms with van der Waals surface area (Å²) >= 11 is 0. The number of benzene rings is 1. The first-order valence-electron chi connectivity index (χ1n) is 5.81. The van der Waals surface area contributed by atoms with Crippen molar-refractivity contribution in [3.05, 3.63) is 35.9 Å². The van der Waals surface area contributed by atoms with Crippen LogP contribution in [0.1, 0.15) is 26.3 Å². The van der Waals surface area contributed by atoms with Crippen molar-refractivity contribution in [3.8, 4) is 11.3 Å². The Hall–Kier alpha value is -1.77. The summed E-state index contributed by atoms with van der Waals surface area (Å²) in [7, 11) is 0. The monoisotopic (exact) mass is 229 g/mol. The molecule has 1 aromatic heterocycles. The lowest BCUT2D eigenvalue weighted by molar-refractivity contribution is 0.361. The van der Waals surface area contributed by atoms with Gasteiger partial charge in [0.05, 0.1) is 11.2 Å². The average molecular weight is 229 g/mol. The molecule has 2 rings (SSSR count). The Morgan fingerprint density at radius 1 is 1.18 bits per heavy atom. The topological polar surface area (TPSA) is 43.8 Å². The molecule has 0 spiro atoms. The first-order valence-corrected chi connectivity index (χ1v) is 5.81. The number of hydrogen-bond acceptors (Lipinski definition) is 2. The van der Waals surface area contributed by atoms with Gasteiger partial charge in [0.2, 0.25) is 0 Å². The van der Waals surface area contributed by atoms with Crippen LogP contribution in [0.2, 0.25) is 0 Å².